The molecule has 2 atom stereocenters. The van der Waals surface area contributed by atoms with Crippen LogP contribution in [0.5, 0.6) is 5.75 Å². The first-order valence-electron chi connectivity index (χ1n) is 4.87. The summed E-state index contributed by atoms with van der Waals surface area (Å²) in [4.78, 5) is 0. The summed E-state index contributed by atoms with van der Waals surface area (Å²) in [6.07, 6.45) is 0.628. The molecule has 1 N–H and O–H groups in total. The molecule has 1 saturated heterocycles. The van der Waals surface area contributed by atoms with Crippen LogP contribution in [0.2, 0.25) is 0 Å². The van der Waals surface area contributed by atoms with Crippen molar-refractivity contribution in [1.29, 1.82) is 0 Å². The molecule has 76 valence electrons. The number of ether oxygens (including phenoxy) is 2. The first kappa shape index (κ1) is 9.49. The summed E-state index contributed by atoms with van der Waals surface area (Å²) >= 11 is 0. The Balaban J connectivity index is 1.96. The van der Waals surface area contributed by atoms with Crippen molar-refractivity contribution in [3.8, 4) is 5.75 Å². The fourth-order valence-electron chi connectivity index (χ4n) is 1.48. The predicted octanol–water partition coefficient (Wildman–Crippen LogP) is 1.56. The summed E-state index contributed by atoms with van der Waals surface area (Å²) in [5.74, 6) is 0.735. The van der Waals surface area contributed by atoms with E-state index < -0.39 is 12.4 Å². The highest BCUT2D eigenvalue weighted by Gasteiger charge is 2.25. The molecule has 2 rings (SSSR count). The van der Waals surface area contributed by atoms with Crippen LogP contribution in [0.4, 0.5) is 0 Å². The highest BCUT2D eigenvalue weighted by Crippen LogP contribution is 2.18. The van der Waals surface area contributed by atoms with E-state index in [0.717, 1.165) is 18.6 Å². The van der Waals surface area contributed by atoms with Crippen LogP contribution in [0.3, 0.4) is 0 Å². The van der Waals surface area contributed by atoms with E-state index in [2.05, 4.69) is 0 Å². The third-order valence-corrected chi connectivity index (χ3v) is 2.24. The van der Waals surface area contributed by atoms with E-state index >= 15 is 0 Å². The lowest BCUT2D eigenvalue weighted by Crippen LogP contribution is -2.38. The van der Waals surface area contributed by atoms with Crippen molar-refractivity contribution in [3.63, 3.8) is 0 Å². The van der Waals surface area contributed by atoms with Crippen molar-refractivity contribution in [3.05, 3.63) is 30.3 Å². The van der Waals surface area contributed by atoms with Crippen molar-refractivity contribution in [2.45, 2.75) is 25.2 Å². The van der Waals surface area contributed by atoms with Crippen molar-refractivity contribution in [2.24, 2.45) is 0 Å². The third-order valence-electron chi connectivity index (χ3n) is 2.24. The van der Waals surface area contributed by atoms with Gasteiger partial charge in [0.05, 0.1) is 6.61 Å². The maximum absolute atomic E-state index is 9.58. The minimum Gasteiger partial charge on any atom is -0.462 e. The van der Waals surface area contributed by atoms with Crippen LogP contribution < -0.4 is 4.74 Å². The first-order chi connectivity index (χ1) is 6.86. The Hall–Kier alpha value is -1.06. The molecule has 1 heterocycles. The molecule has 0 radical (unpaired) electrons. The van der Waals surface area contributed by atoms with Crippen LogP contribution in [0.25, 0.3) is 0 Å². The van der Waals surface area contributed by atoms with Crippen LogP contribution in [-0.4, -0.2) is 24.1 Å². The minimum absolute atomic E-state index is 0.508. The van der Waals surface area contributed by atoms with Crippen LogP contribution in [0, 0.1) is 0 Å². The van der Waals surface area contributed by atoms with E-state index in [0.29, 0.717) is 6.61 Å². The second-order valence-electron chi connectivity index (χ2n) is 3.38. The van der Waals surface area contributed by atoms with E-state index in [9.17, 15) is 5.11 Å². The Morgan fingerprint density at radius 2 is 2.07 bits per heavy atom. The van der Waals surface area contributed by atoms with Gasteiger partial charge in [0.25, 0.3) is 0 Å². The van der Waals surface area contributed by atoms with Crippen molar-refractivity contribution >= 4 is 0 Å². The van der Waals surface area contributed by atoms with Crippen molar-refractivity contribution in [1.82, 2.24) is 0 Å². The zero-order valence-electron chi connectivity index (χ0n) is 7.93. The van der Waals surface area contributed by atoms with E-state index in [1.54, 1.807) is 0 Å². The lowest BCUT2D eigenvalue weighted by Gasteiger charge is -2.28. The zero-order chi connectivity index (χ0) is 9.80. The molecule has 1 aliphatic rings. The molecule has 1 fully saturated rings. The van der Waals surface area contributed by atoms with Gasteiger partial charge in [0.15, 0.2) is 0 Å². The lowest BCUT2D eigenvalue weighted by atomic mass is 10.1. The topological polar surface area (TPSA) is 38.7 Å². The van der Waals surface area contributed by atoms with Gasteiger partial charge in [-0.15, -0.1) is 0 Å². The van der Waals surface area contributed by atoms with E-state index in [1.807, 2.05) is 30.3 Å². The molecule has 3 nitrogen and oxygen atoms in total. The van der Waals surface area contributed by atoms with Crippen LogP contribution in [-0.2, 0) is 4.74 Å². The van der Waals surface area contributed by atoms with Gasteiger partial charge in [0.1, 0.15) is 11.9 Å². The molecule has 0 aromatic heterocycles. The Kier molecular flexibility index (Phi) is 3.01. The summed E-state index contributed by atoms with van der Waals surface area (Å²) in [6, 6.07) is 9.41. The summed E-state index contributed by atoms with van der Waals surface area (Å²) in [6.45, 7) is 0.661. The molecule has 0 amide bonds. The standard InChI is InChI=1S/C11H14O3/c12-10-7-4-8-13-11(10)14-9-5-2-1-3-6-9/h1-3,5-6,10-12H,4,7-8H2/t10-,11+/m1/s1. The fraction of sp³-hybridized carbons (Fsp3) is 0.455. The number of para-hydroxylation sites is 1. The summed E-state index contributed by atoms with van der Waals surface area (Å²) in [5, 5.41) is 9.58. The van der Waals surface area contributed by atoms with Gasteiger partial charge in [-0.3, -0.25) is 0 Å². The molecule has 1 aliphatic heterocycles. The highest BCUT2D eigenvalue weighted by atomic mass is 16.7. The van der Waals surface area contributed by atoms with Crippen LogP contribution >= 0.6 is 0 Å². The number of benzene rings is 1. The maximum atomic E-state index is 9.58. The molecule has 1 aromatic carbocycles. The van der Waals surface area contributed by atoms with Crippen molar-refractivity contribution in [2.75, 3.05) is 6.61 Å². The Morgan fingerprint density at radius 1 is 1.29 bits per heavy atom. The molecule has 3 heteroatoms. The number of rotatable bonds is 2. The Morgan fingerprint density at radius 3 is 2.79 bits per heavy atom. The van der Waals surface area contributed by atoms with Crippen LogP contribution in [0.1, 0.15) is 12.8 Å². The Bertz CT molecular complexity index is 273. The van der Waals surface area contributed by atoms with Crippen LogP contribution in [0.15, 0.2) is 30.3 Å². The molecular weight excluding hydrogens is 180 g/mol. The van der Waals surface area contributed by atoms with E-state index in [-0.39, 0.29) is 0 Å². The predicted molar refractivity (Wildman–Crippen MR) is 52.1 cm³/mol. The SMILES string of the molecule is O[C@@H]1CCCO[C@H]1Oc1ccccc1. The average molecular weight is 194 g/mol. The van der Waals surface area contributed by atoms with Gasteiger partial charge < -0.3 is 14.6 Å². The lowest BCUT2D eigenvalue weighted by molar-refractivity contribution is -0.170. The normalized spacial score (nSPS) is 27.2. The van der Waals surface area contributed by atoms with Gasteiger partial charge in [0.2, 0.25) is 6.29 Å². The molecule has 0 unspecified atom stereocenters. The van der Waals surface area contributed by atoms with Gasteiger partial charge in [-0.25, -0.2) is 0 Å². The fourth-order valence-corrected chi connectivity index (χ4v) is 1.48. The smallest absolute Gasteiger partial charge is 0.226 e. The number of hydrogen-bond donors (Lipinski definition) is 1. The quantitative estimate of drug-likeness (QED) is 0.776. The third kappa shape index (κ3) is 2.25. The van der Waals surface area contributed by atoms with Crippen molar-refractivity contribution < 1.29 is 14.6 Å². The largest absolute Gasteiger partial charge is 0.462 e. The molecule has 0 saturated carbocycles. The summed E-state index contributed by atoms with van der Waals surface area (Å²) < 4.78 is 10.8. The molecule has 14 heavy (non-hydrogen) atoms. The molecule has 0 aliphatic carbocycles. The number of aliphatic hydroxyl groups excluding tert-OH is 1. The molecule has 0 bridgehead atoms. The van der Waals surface area contributed by atoms with Gasteiger partial charge >= 0.3 is 0 Å². The minimum atomic E-state index is -0.510. The second kappa shape index (κ2) is 4.44. The monoisotopic (exact) mass is 194 g/mol. The summed E-state index contributed by atoms with van der Waals surface area (Å²) in [7, 11) is 0. The summed E-state index contributed by atoms with van der Waals surface area (Å²) in [5.41, 5.74) is 0. The number of hydrogen-bond acceptors (Lipinski definition) is 3. The maximum Gasteiger partial charge on any atom is 0.226 e. The van der Waals surface area contributed by atoms with Gasteiger partial charge in [-0.2, -0.15) is 0 Å². The van der Waals surface area contributed by atoms with E-state index in [4.69, 9.17) is 9.47 Å². The average Bonchev–Trinajstić information content (AvgIpc) is 2.23. The second-order valence-corrected chi connectivity index (χ2v) is 3.38. The number of aliphatic hydroxyl groups is 1. The molecular formula is C11H14O3. The van der Waals surface area contributed by atoms with Gasteiger partial charge in [-0.1, -0.05) is 18.2 Å². The highest BCUT2D eigenvalue weighted by molar-refractivity contribution is 5.21. The van der Waals surface area contributed by atoms with E-state index in [1.165, 1.54) is 0 Å². The molecule has 0 spiro atoms. The zero-order valence-corrected chi connectivity index (χ0v) is 7.93. The first-order valence-corrected chi connectivity index (χ1v) is 4.87. The van der Waals surface area contributed by atoms with Gasteiger partial charge in [0, 0.05) is 0 Å². The Labute approximate surface area is 83.3 Å². The van der Waals surface area contributed by atoms with Gasteiger partial charge in [-0.05, 0) is 25.0 Å². The molecule has 1 aromatic rings.